The first-order valence-corrected chi connectivity index (χ1v) is 6.44. The number of hydrogen-bond donors (Lipinski definition) is 1. The lowest BCUT2D eigenvalue weighted by Gasteiger charge is -2.17. The van der Waals surface area contributed by atoms with Gasteiger partial charge < -0.3 is 10.1 Å². The van der Waals surface area contributed by atoms with Crippen molar-refractivity contribution in [3.05, 3.63) is 5.28 Å². The number of anilines is 2. The van der Waals surface area contributed by atoms with Crippen LogP contribution in [0.25, 0.3) is 0 Å². The Kier molecular flexibility index (Phi) is 5.93. The second-order valence-electron chi connectivity index (χ2n) is 3.00. The van der Waals surface area contributed by atoms with Crippen molar-refractivity contribution in [1.82, 2.24) is 15.0 Å². The molecule has 18 heavy (non-hydrogen) atoms. The molecule has 0 atom stereocenters. The van der Waals surface area contributed by atoms with Crippen LogP contribution in [0.3, 0.4) is 0 Å². The summed E-state index contributed by atoms with van der Waals surface area (Å²) in [5, 5.41) is 2.56. The quantitative estimate of drug-likeness (QED) is 0.653. The van der Waals surface area contributed by atoms with E-state index in [2.05, 4.69) is 25.0 Å². The summed E-state index contributed by atoms with van der Waals surface area (Å²) in [6, 6.07) is 0. The number of hydrogen-bond acceptors (Lipinski definition) is 8. The van der Waals surface area contributed by atoms with E-state index >= 15 is 0 Å². The average Bonchev–Trinajstić information content (AvgIpc) is 2.35. The summed E-state index contributed by atoms with van der Waals surface area (Å²) in [6.07, 6.45) is 0. The van der Waals surface area contributed by atoms with Crippen molar-refractivity contribution in [2.75, 3.05) is 29.8 Å². The molecule has 7 nitrogen and oxygen atoms in total. The fourth-order valence-electron chi connectivity index (χ4n) is 1.06. The van der Waals surface area contributed by atoms with E-state index in [1.54, 1.807) is 4.31 Å². The number of carbonyl (C=O) groups is 1. The van der Waals surface area contributed by atoms with Gasteiger partial charge >= 0.3 is 5.30 Å². The molecule has 0 aliphatic heterocycles. The number of carbonyl (C=O) groups excluding carboxylic acids is 1. The molecule has 1 N–H and O–H groups in total. The summed E-state index contributed by atoms with van der Waals surface area (Å²) >= 11 is 6.67. The van der Waals surface area contributed by atoms with E-state index in [1.807, 2.05) is 13.8 Å². The number of methoxy groups -OCH3 is 1. The fraction of sp³-hybridized carbons (Fsp3) is 0.556. The summed E-state index contributed by atoms with van der Waals surface area (Å²) in [4.78, 5) is 23.3. The molecular weight excluding hydrogens is 278 g/mol. The Morgan fingerprint density at radius 1 is 1.44 bits per heavy atom. The monoisotopic (exact) mass is 291 g/mol. The predicted molar refractivity (Wildman–Crippen MR) is 72.0 cm³/mol. The second kappa shape index (κ2) is 7.22. The number of rotatable bonds is 5. The summed E-state index contributed by atoms with van der Waals surface area (Å²) in [5.41, 5.74) is 0. The van der Waals surface area contributed by atoms with Crippen LogP contribution in [-0.4, -0.2) is 40.5 Å². The van der Waals surface area contributed by atoms with Crippen LogP contribution in [0.2, 0.25) is 5.28 Å². The van der Waals surface area contributed by atoms with Gasteiger partial charge in [-0.2, -0.15) is 15.0 Å². The summed E-state index contributed by atoms with van der Waals surface area (Å²) in [5.74, 6) is 0.681. The van der Waals surface area contributed by atoms with Gasteiger partial charge in [-0.15, -0.1) is 0 Å². The highest BCUT2D eigenvalue weighted by molar-refractivity contribution is 8.14. The highest BCUT2D eigenvalue weighted by Gasteiger charge is 2.16. The van der Waals surface area contributed by atoms with Crippen molar-refractivity contribution in [2.24, 2.45) is 0 Å². The minimum atomic E-state index is -0.446. The van der Waals surface area contributed by atoms with Crippen LogP contribution in [0.1, 0.15) is 13.8 Å². The number of nitrogens with one attached hydrogen (secondary N) is 1. The smallest absolute Gasteiger partial charge is 0.388 e. The average molecular weight is 292 g/mol. The Labute approximate surface area is 114 Å². The first kappa shape index (κ1) is 14.8. The van der Waals surface area contributed by atoms with Gasteiger partial charge in [0.05, 0.1) is 19.1 Å². The molecule has 9 heteroatoms. The van der Waals surface area contributed by atoms with Crippen molar-refractivity contribution in [1.29, 1.82) is 0 Å². The van der Waals surface area contributed by atoms with E-state index < -0.39 is 5.30 Å². The number of aromatic nitrogens is 3. The van der Waals surface area contributed by atoms with Gasteiger partial charge in [0.15, 0.2) is 0 Å². The molecule has 1 heterocycles. The first-order valence-electron chi connectivity index (χ1n) is 5.29. The zero-order valence-corrected chi connectivity index (χ0v) is 11.9. The summed E-state index contributed by atoms with van der Waals surface area (Å²) in [6.45, 7) is 4.96. The number of ether oxygens (including phenoxy) is 1. The fourth-order valence-corrected chi connectivity index (χ4v) is 1.76. The van der Waals surface area contributed by atoms with E-state index in [-0.39, 0.29) is 5.28 Å². The van der Waals surface area contributed by atoms with Gasteiger partial charge in [0, 0.05) is 13.1 Å². The Morgan fingerprint density at radius 2 is 2.17 bits per heavy atom. The molecule has 100 valence electrons. The van der Waals surface area contributed by atoms with Gasteiger partial charge in [0.25, 0.3) is 0 Å². The molecule has 0 spiro atoms. The third-order valence-corrected chi connectivity index (χ3v) is 2.92. The van der Waals surface area contributed by atoms with E-state index in [0.717, 1.165) is 11.9 Å². The minimum absolute atomic E-state index is 0.0693. The molecule has 0 radical (unpaired) electrons. The highest BCUT2D eigenvalue weighted by atomic mass is 35.5. The third kappa shape index (κ3) is 4.19. The van der Waals surface area contributed by atoms with Crippen molar-refractivity contribution in [3.8, 4) is 0 Å². The van der Waals surface area contributed by atoms with Crippen LogP contribution in [0.4, 0.5) is 16.7 Å². The maximum Gasteiger partial charge on any atom is 0.388 e. The maximum absolute atomic E-state index is 11.2. The standard InChI is InChI=1S/C9H14ClN5O2S/c1-4-11-7-12-6(10)13-8(14-7)15(5-2)18-9(16)17-3/h4-5H2,1-3H3,(H,11,12,13,14). The molecule has 1 aromatic rings. The summed E-state index contributed by atoms with van der Waals surface area (Å²) in [7, 11) is 1.31. The van der Waals surface area contributed by atoms with Crippen LogP contribution >= 0.6 is 23.5 Å². The van der Waals surface area contributed by atoms with Crippen LogP contribution in [0, 0.1) is 0 Å². The first-order chi connectivity index (χ1) is 8.60. The number of nitrogens with zero attached hydrogens (tertiary/aromatic N) is 4. The SMILES string of the molecule is CCNc1nc(Cl)nc(N(CC)SC(=O)OC)n1. The zero-order valence-electron chi connectivity index (χ0n) is 10.3. The van der Waals surface area contributed by atoms with E-state index in [9.17, 15) is 4.79 Å². The molecular formula is C9H14ClN5O2S. The molecule has 0 bridgehead atoms. The van der Waals surface area contributed by atoms with Crippen molar-refractivity contribution < 1.29 is 9.53 Å². The van der Waals surface area contributed by atoms with Crippen LogP contribution in [-0.2, 0) is 4.74 Å². The van der Waals surface area contributed by atoms with Gasteiger partial charge in [-0.05, 0) is 25.4 Å². The Bertz CT molecular complexity index is 420. The van der Waals surface area contributed by atoms with Crippen LogP contribution < -0.4 is 9.62 Å². The molecule has 0 fully saturated rings. The molecule has 0 saturated carbocycles. The number of halogens is 1. The van der Waals surface area contributed by atoms with E-state index in [4.69, 9.17) is 11.6 Å². The molecule has 0 aliphatic rings. The lowest BCUT2D eigenvalue weighted by atomic mass is 10.7. The van der Waals surface area contributed by atoms with Crippen LogP contribution in [0.5, 0.6) is 0 Å². The van der Waals surface area contributed by atoms with Crippen molar-refractivity contribution >= 4 is 40.7 Å². The Hall–Kier alpha value is -1.28. The lowest BCUT2D eigenvalue weighted by Crippen LogP contribution is -2.20. The molecule has 0 amide bonds. The third-order valence-electron chi connectivity index (χ3n) is 1.79. The van der Waals surface area contributed by atoms with E-state index in [0.29, 0.717) is 25.0 Å². The highest BCUT2D eigenvalue weighted by Crippen LogP contribution is 2.21. The maximum atomic E-state index is 11.2. The van der Waals surface area contributed by atoms with Gasteiger partial charge in [-0.3, -0.25) is 4.31 Å². The van der Waals surface area contributed by atoms with Gasteiger partial charge in [-0.25, -0.2) is 4.79 Å². The van der Waals surface area contributed by atoms with E-state index in [1.165, 1.54) is 7.11 Å². The molecule has 0 saturated heterocycles. The molecule has 0 aliphatic carbocycles. The molecule has 0 aromatic carbocycles. The normalized spacial score (nSPS) is 10.0. The topological polar surface area (TPSA) is 80.2 Å². The Morgan fingerprint density at radius 3 is 2.72 bits per heavy atom. The largest absolute Gasteiger partial charge is 0.460 e. The molecule has 1 aromatic heterocycles. The Balaban J connectivity index is 2.93. The van der Waals surface area contributed by atoms with Gasteiger partial charge in [0.1, 0.15) is 0 Å². The molecule has 1 rings (SSSR count). The van der Waals surface area contributed by atoms with Crippen molar-refractivity contribution in [3.63, 3.8) is 0 Å². The minimum Gasteiger partial charge on any atom is -0.460 e. The van der Waals surface area contributed by atoms with Gasteiger partial charge in [-0.1, -0.05) is 0 Å². The predicted octanol–water partition coefficient (Wildman–Crippen LogP) is 2.20. The molecule has 0 unspecified atom stereocenters. The van der Waals surface area contributed by atoms with Gasteiger partial charge in [0.2, 0.25) is 17.2 Å². The van der Waals surface area contributed by atoms with Crippen LogP contribution in [0.15, 0.2) is 0 Å². The zero-order chi connectivity index (χ0) is 13.5. The summed E-state index contributed by atoms with van der Waals surface area (Å²) < 4.78 is 6.14. The van der Waals surface area contributed by atoms with Crippen molar-refractivity contribution in [2.45, 2.75) is 13.8 Å². The lowest BCUT2D eigenvalue weighted by molar-refractivity contribution is 0.200. The second-order valence-corrected chi connectivity index (χ2v) is 4.29.